The molecule has 0 aromatic heterocycles. The first-order valence-corrected chi connectivity index (χ1v) is 12.2. The Morgan fingerprint density at radius 3 is 1.34 bits per heavy atom. The Kier molecular flexibility index (Phi) is 9.33. The third kappa shape index (κ3) is 7.22. The minimum atomic E-state index is -0.268. The molecule has 2 aromatic rings. The Morgan fingerprint density at radius 2 is 1.03 bits per heavy atom. The molecule has 0 aliphatic heterocycles. The molecule has 174 valence electrons. The average Bonchev–Trinajstić information content (AvgIpc) is 2.83. The van der Waals surface area contributed by atoms with Crippen LogP contribution in [-0.4, -0.2) is 24.1 Å². The van der Waals surface area contributed by atoms with Crippen LogP contribution in [0.3, 0.4) is 0 Å². The number of carbonyl (C=O) groups excluding carboxylic acids is 2. The van der Waals surface area contributed by atoms with Crippen molar-refractivity contribution in [2.24, 2.45) is 0 Å². The maximum absolute atomic E-state index is 12.5. The maximum Gasteiger partial charge on any atom is 0.338 e. The highest BCUT2D eigenvalue weighted by Crippen LogP contribution is 2.25. The predicted molar refractivity (Wildman–Crippen MR) is 129 cm³/mol. The number of unbranched alkanes of at least 4 members (excludes halogenated alkanes) is 2. The third-order valence-electron chi connectivity index (χ3n) is 6.19. The number of benzene rings is 2. The van der Waals surface area contributed by atoms with Crippen LogP contribution in [0.1, 0.15) is 98.5 Å². The fourth-order valence-electron chi connectivity index (χ4n) is 4.08. The lowest BCUT2D eigenvalue weighted by atomic mass is 9.94. The van der Waals surface area contributed by atoms with Crippen LogP contribution < -0.4 is 0 Å². The molecular formula is C28H38O4. The van der Waals surface area contributed by atoms with Crippen LogP contribution in [0.15, 0.2) is 48.5 Å². The molecule has 0 bridgehead atoms. The quantitative estimate of drug-likeness (QED) is 0.377. The normalized spacial score (nSPS) is 18.2. The van der Waals surface area contributed by atoms with Crippen molar-refractivity contribution in [3.63, 3.8) is 0 Å². The van der Waals surface area contributed by atoms with E-state index in [0.29, 0.717) is 36.8 Å². The number of ether oxygens (including phenoxy) is 2. The van der Waals surface area contributed by atoms with E-state index in [4.69, 9.17) is 9.47 Å². The second kappa shape index (κ2) is 12.4. The second-order valence-electron chi connectivity index (χ2n) is 8.81. The van der Waals surface area contributed by atoms with Gasteiger partial charge in [0.05, 0.1) is 11.1 Å². The van der Waals surface area contributed by atoms with E-state index in [1.54, 1.807) is 0 Å². The highest BCUT2D eigenvalue weighted by Gasteiger charge is 2.27. The van der Waals surface area contributed by atoms with Gasteiger partial charge in [0.25, 0.3) is 0 Å². The molecule has 32 heavy (non-hydrogen) atoms. The molecule has 0 heterocycles. The number of hydrogen-bond acceptors (Lipinski definition) is 4. The van der Waals surface area contributed by atoms with Crippen LogP contribution in [0.4, 0.5) is 0 Å². The van der Waals surface area contributed by atoms with Gasteiger partial charge in [-0.25, -0.2) is 9.59 Å². The molecule has 0 atom stereocenters. The van der Waals surface area contributed by atoms with Crippen LogP contribution in [0.2, 0.25) is 0 Å². The zero-order valence-electron chi connectivity index (χ0n) is 19.5. The van der Waals surface area contributed by atoms with E-state index < -0.39 is 0 Å². The molecule has 0 unspecified atom stereocenters. The molecule has 3 rings (SSSR count). The van der Waals surface area contributed by atoms with E-state index >= 15 is 0 Å². The lowest BCUT2D eigenvalue weighted by molar-refractivity contribution is -0.0108. The summed E-state index contributed by atoms with van der Waals surface area (Å²) < 4.78 is 11.4. The fraction of sp³-hybridized carbons (Fsp3) is 0.500. The van der Waals surface area contributed by atoms with Gasteiger partial charge in [-0.3, -0.25) is 0 Å². The lowest BCUT2D eigenvalue weighted by Crippen LogP contribution is -2.29. The van der Waals surface area contributed by atoms with Crippen molar-refractivity contribution in [2.45, 2.75) is 90.3 Å². The summed E-state index contributed by atoms with van der Waals surface area (Å²) in [6.07, 6.45) is 9.34. The third-order valence-corrected chi connectivity index (χ3v) is 6.19. The van der Waals surface area contributed by atoms with Crippen molar-refractivity contribution >= 4 is 11.9 Å². The summed E-state index contributed by atoms with van der Waals surface area (Å²) in [5.74, 6) is -0.536. The van der Waals surface area contributed by atoms with E-state index in [-0.39, 0.29) is 25.6 Å². The summed E-state index contributed by atoms with van der Waals surface area (Å²) in [5.41, 5.74) is 3.70. The van der Waals surface area contributed by atoms with Crippen LogP contribution in [0.5, 0.6) is 0 Å². The number of hydrogen-bond donors (Lipinski definition) is 0. The van der Waals surface area contributed by atoms with E-state index in [9.17, 15) is 9.59 Å². The number of carbonyl (C=O) groups is 2. The monoisotopic (exact) mass is 438 g/mol. The van der Waals surface area contributed by atoms with Gasteiger partial charge in [-0.05, 0) is 86.8 Å². The lowest BCUT2D eigenvalue weighted by Gasteiger charge is -2.28. The fourth-order valence-corrected chi connectivity index (χ4v) is 4.08. The van der Waals surface area contributed by atoms with Gasteiger partial charge in [-0.2, -0.15) is 0 Å². The van der Waals surface area contributed by atoms with Gasteiger partial charge < -0.3 is 9.47 Å². The van der Waals surface area contributed by atoms with Crippen molar-refractivity contribution in [3.05, 3.63) is 70.8 Å². The zero-order valence-corrected chi connectivity index (χ0v) is 19.5. The highest BCUT2D eigenvalue weighted by atomic mass is 16.6. The van der Waals surface area contributed by atoms with Gasteiger partial charge >= 0.3 is 11.9 Å². The number of aryl methyl sites for hydroxylation is 2. The van der Waals surface area contributed by atoms with Gasteiger partial charge in [-0.1, -0.05) is 51.0 Å². The Hall–Kier alpha value is -2.62. The van der Waals surface area contributed by atoms with Crippen LogP contribution in [0.25, 0.3) is 0 Å². The number of esters is 2. The molecule has 2 aromatic carbocycles. The maximum atomic E-state index is 12.5. The Bertz CT molecular complexity index is 779. The Morgan fingerprint density at radius 1 is 0.688 bits per heavy atom. The smallest absolute Gasteiger partial charge is 0.338 e. The average molecular weight is 439 g/mol. The first-order valence-electron chi connectivity index (χ1n) is 12.2. The van der Waals surface area contributed by atoms with Crippen LogP contribution >= 0.6 is 0 Å². The molecule has 0 N–H and O–H groups in total. The van der Waals surface area contributed by atoms with Crippen molar-refractivity contribution in [1.29, 1.82) is 0 Å². The largest absolute Gasteiger partial charge is 0.459 e. The number of rotatable bonds is 10. The minimum Gasteiger partial charge on any atom is -0.459 e. The Balaban J connectivity index is 0.00000385. The minimum absolute atomic E-state index is 0. The summed E-state index contributed by atoms with van der Waals surface area (Å²) in [6.45, 7) is 4.35. The van der Waals surface area contributed by atoms with Crippen molar-refractivity contribution < 1.29 is 20.5 Å². The summed E-state index contributed by atoms with van der Waals surface area (Å²) in [4.78, 5) is 24.9. The molecule has 4 nitrogen and oxygen atoms in total. The standard InChI is InChI=1S/C28H36O4.H2/c1-3-5-7-21-9-13-23(14-10-21)27(29)31-25-17-19-26(20-18-25)32-28(30)24-15-11-22(12-16-24)8-6-4-2;/h9-16,25-26H,3-8,17-20H2,1-2H3;1H. The van der Waals surface area contributed by atoms with Gasteiger partial charge in [-0.15, -0.1) is 0 Å². The molecule has 4 heteroatoms. The molecular weight excluding hydrogens is 400 g/mol. The molecule has 1 saturated carbocycles. The van der Waals surface area contributed by atoms with Gasteiger partial charge in [0.1, 0.15) is 12.2 Å². The summed E-state index contributed by atoms with van der Waals surface area (Å²) >= 11 is 0. The SMILES string of the molecule is CCCCc1ccc(C(=O)OC2CCC(OC(=O)c3ccc(CCCC)cc3)CC2)cc1.[HH]. The molecule has 0 saturated heterocycles. The molecule has 1 aliphatic rings. The zero-order chi connectivity index (χ0) is 22.8. The van der Waals surface area contributed by atoms with Gasteiger partial charge in [0, 0.05) is 1.43 Å². The Labute approximate surface area is 193 Å². The van der Waals surface area contributed by atoms with Crippen molar-refractivity contribution in [2.75, 3.05) is 0 Å². The van der Waals surface area contributed by atoms with Crippen LogP contribution in [-0.2, 0) is 22.3 Å². The first-order chi connectivity index (χ1) is 15.6. The van der Waals surface area contributed by atoms with E-state index in [1.165, 1.54) is 11.1 Å². The van der Waals surface area contributed by atoms with E-state index in [0.717, 1.165) is 38.5 Å². The molecule has 0 amide bonds. The predicted octanol–water partition coefficient (Wildman–Crippen LogP) is 6.94. The topological polar surface area (TPSA) is 52.6 Å². The van der Waals surface area contributed by atoms with E-state index in [2.05, 4.69) is 13.8 Å². The molecule has 1 aliphatic carbocycles. The van der Waals surface area contributed by atoms with Crippen molar-refractivity contribution in [1.82, 2.24) is 0 Å². The van der Waals surface area contributed by atoms with E-state index in [1.807, 2.05) is 48.5 Å². The van der Waals surface area contributed by atoms with Crippen LogP contribution in [0, 0.1) is 0 Å². The summed E-state index contributed by atoms with van der Waals surface area (Å²) in [6, 6.07) is 15.5. The molecule has 0 spiro atoms. The van der Waals surface area contributed by atoms with Crippen molar-refractivity contribution in [3.8, 4) is 0 Å². The summed E-state index contributed by atoms with van der Waals surface area (Å²) in [5, 5.41) is 0. The summed E-state index contributed by atoms with van der Waals surface area (Å²) in [7, 11) is 0. The molecule has 1 fully saturated rings. The van der Waals surface area contributed by atoms with Gasteiger partial charge in [0.2, 0.25) is 0 Å². The highest BCUT2D eigenvalue weighted by molar-refractivity contribution is 5.90. The van der Waals surface area contributed by atoms with Gasteiger partial charge in [0.15, 0.2) is 0 Å². The molecule has 0 radical (unpaired) electrons. The first kappa shape index (κ1) is 24.0. The second-order valence-corrected chi connectivity index (χ2v) is 8.81.